The summed E-state index contributed by atoms with van der Waals surface area (Å²) in [7, 11) is 0. The average molecular weight is 576 g/mol. The molecule has 0 aromatic heterocycles. The lowest BCUT2D eigenvalue weighted by atomic mass is 10.1. The van der Waals surface area contributed by atoms with Crippen LogP contribution < -0.4 is 10.6 Å². The number of anilines is 1. The number of hydrogen-bond acceptors (Lipinski definition) is 3. The molecule has 2 amide bonds. The minimum absolute atomic E-state index is 0.000109. The smallest absolute Gasteiger partial charge is 0.272 e. The normalized spacial score (nSPS) is 11.3. The van der Waals surface area contributed by atoms with Crippen LogP contribution in [0.1, 0.15) is 31.8 Å². The van der Waals surface area contributed by atoms with Crippen LogP contribution in [0.5, 0.6) is 0 Å². The Morgan fingerprint density at radius 3 is 2.05 bits per heavy atom. The van der Waals surface area contributed by atoms with E-state index in [0.717, 1.165) is 0 Å². The molecule has 0 heterocycles. The summed E-state index contributed by atoms with van der Waals surface area (Å²) < 4.78 is 0. The van der Waals surface area contributed by atoms with Crippen LogP contribution in [0.2, 0.25) is 15.1 Å². The highest BCUT2D eigenvalue weighted by Gasteiger charge is 2.16. The third-order valence-corrected chi connectivity index (χ3v) is 6.44. The Kier molecular flexibility index (Phi) is 9.34. The molecule has 2 N–H and O–H groups in total. The number of benzene rings is 4. The molecule has 4 aromatic rings. The van der Waals surface area contributed by atoms with Gasteiger partial charge in [0.25, 0.3) is 11.8 Å². The molecule has 39 heavy (non-hydrogen) atoms. The lowest BCUT2D eigenvalue weighted by Gasteiger charge is -2.12. The fraction of sp³-hybridized carbons (Fsp3) is 0. The number of amides is 2. The third-order valence-electron chi connectivity index (χ3n) is 5.54. The largest absolute Gasteiger partial charge is 0.321 e. The van der Waals surface area contributed by atoms with Crippen molar-refractivity contribution in [2.45, 2.75) is 0 Å². The summed E-state index contributed by atoms with van der Waals surface area (Å²) in [4.78, 5) is 38.6. The molecule has 0 spiro atoms. The third kappa shape index (κ3) is 7.68. The Labute approximate surface area is 240 Å². The first-order chi connectivity index (χ1) is 18.8. The molecule has 0 aliphatic rings. The molecule has 0 aliphatic carbocycles. The first-order valence-electron chi connectivity index (χ1n) is 11.7. The van der Waals surface area contributed by atoms with Gasteiger partial charge in [0.1, 0.15) is 5.70 Å². The number of rotatable bonds is 8. The molecule has 4 rings (SSSR count). The summed E-state index contributed by atoms with van der Waals surface area (Å²) in [6.45, 7) is 0. The van der Waals surface area contributed by atoms with Gasteiger partial charge < -0.3 is 10.6 Å². The van der Waals surface area contributed by atoms with Gasteiger partial charge in [0.15, 0.2) is 5.78 Å². The van der Waals surface area contributed by atoms with E-state index in [9.17, 15) is 14.4 Å². The second-order valence-electron chi connectivity index (χ2n) is 8.29. The summed E-state index contributed by atoms with van der Waals surface area (Å²) in [5.74, 6) is -1.25. The van der Waals surface area contributed by atoms with E-state index < -0.39 is 11.8 Å². The monoisotopic (exact) mass is 574 g/mol. The van der Waals surface area contributed by atoms with Gasteiger partial charge in [-0.1, -0.05) is 77.3 Å². The molecule has 0 atom stereocenters. The molecule has 0 fully saturated rings. The number of nitrogens with one attached hydrogen (secondary N) is 2. The highest BCUT2D eigenvalue weighted by molar-refractivity contribution is 6.35. The Morgan fingerprint density at radius 1 is 0.667 bits per heavy atom. The summed E-state index contributed by atoms with van der Waals surface area (Å²) in [5, 5.41) is 6.78. The summed E-state index contributed by atoms with van der Waals surface area (Å²) in [5.41, 5.74) is 2.46. The fourth-order valence-corrected chi connectivity index (χ4v) is 4.17. The van der Waals surface area contributed by atoms with Crippen molar-refractivity contribution in [3.8, 4) is 0 Å². The van der Waals surface area contributed by atoms with E-state index in [1.165, 1.54) is 12.2 Å². The Balaban J connectivity index is 1.50. The molecule has 0 bridgehead atoms. The van der Waals surface area contributed by atoms with E-state index in [2.05, 4.69) is 10.6 Å². The van der Waals surface area contributed by atoms with Gasteiger partial charge in [-0.2, -0.15) is 0 Å². The fourth-order valence-electron chi connectivity index (χ4n) is 3.50. The van der Waals surface area contributed by atoms with Crippen molar-refractivity contribution in [1.29, 1.82) is 0 Å². The van der Waals surface area contributed by atoms with Crippen LogP contribution in [-0.2, 0) is 4.79 Å². The maximum Gasteiger partial charge on any atom is 0.272 e. The standard InChI is InChI=1S/C31H21Cl3N2O3/c32-24-14-10-20(27(34)19-24)13-17-29(37)21-11-15-25(16-12-21)35-31(39)28(18-23-8-4-5-9-26(23)33)36-30(38)22-6-2-1-3-7-22/h1-19H,(H,35,39)(H,36,38)/b17-13+,28-18-. The SMILES string of the molecule is O=C(Nc1ccc(C(=O)/C=C/c2ccc(Cl)cc2Cl)cc1)/C(=C/c1ccccc1Cl)NC(=O)c1ccccc1. The molecule has 0 radical (unpaired) electrons. The average Bonchev–Trinajstić information content (AvgIpc) is 2.94. The Bertz CT molecular complexity index is 1580. The van der Waals surface area contributed by atoms with Crippen LogP contribution in [0.3, 0.4) is 0 Å². The minimum Gasteiger partial charge on any atom is -0.321 e. The van der Waals surface area contributed by atoms with Gasteiger partial charge in [-0.3, -0.25) is 14.4 Å². The van der Waals surface area contributed by atoms with Gasteiger partial charge in [0.2, 0.25) is 0 Å². The van der Waals surface area contributed by atoms with Crippen LogP contribution in [0, 0.1) is 0 Å². The molecule has 8 heteroatoms. The molecule has 0 aliphatic heterocycles. The van der Waals surface area contributed by atoms with Gasteiger partial charge in [-0.05, 0) is 84.0 Å². The quantitative estimate of drug-likeness (QED) is 0.165. The van der Waals surface area contributed by atoms with Crippen molar-refractivity contribution in [3.05, 3.63) is 146 Å². The van der Waals surface area contributed by atoms with Gasteiger partial charge in [-0.15, -0.1) is 0 Å². The van der Waals surface area contributed by atoms with Crippen LogP contribution in [0.25, 0.3) is 12.2 Å². The van der Waals surface area contributed by atoms with Crippen molar-refractivity contribution in [2.75, 3.05) is 5.32 Å². The lowest BCUT2D eigenvalue weighted by Crippen LogP contribution is -2.30. The highest BCUT2D eigenvalue weighted by Crippen LogP contribution is 2.23. The van der Waals surface area contributed by atoms with E-state index >= 15 is 0 Å². The van der Waals surface area contributed by atoms with Crippen molar-refractivity contribution in [2.24, 2.45) is 0 Å². The number of halogens is 3. The van der Waals surface area contributed by atoms with Crippen LogP contribution in [0.4, 0.5) is 5.69 Å². The summed E-state index contributed by atoms with van der Waals surface area (Å²) >= 11 is 18.3. The molecule has 5 nitrogen and oxygen atoms in total. The van der Waals surface area contributed by atoms with Gasteiger partial charge >= 0.3 is 0 Å². The van der Waals surface area contributed by atoms with Crippen molar-refractivity contribution in [1.82, 2.24) is 5.32 Å². The molecule has 0 unspecified atom stereocenters. The molecular formula is C31H21Cl3N2O3. The van der Waals surface area contributed by atoms with Gasteiger partial charge in [-0.25, -0.2) is 0 Å². The van der Waals surface area contributed by atoms with Crippen molar-refractivity contribution >= 4 is 70.2 Å². The first-order valence-corrected chi connectivity index (χ1v) is 12.8. The molecular weight excluding hydrogens is 555 g/mol. The highest BCUT2D eigenvalue weighted by atomic mass is 35.5. The maximum absolute atomic E-state index is 13.2. The van der Waals surface area contributed by atoms with Gasteiger partial charge in [0.05, 0.1) is 0 Å². The number of ketones is 1. The molecule has 0 saturated carbocycles. The van der Waals surface area contributed by atoms with Crippen molar-refractivity contribution < 1.29 is 14.4 Å². The van der Waals surface area contributed by atoms with E-state index in [-0.39, 0.29) is 11.5 Å². The summed E-state index contributed by atoms with van der Waals surface area (Å²) in [6.07, 6.45) is 4.52. The van der Waals surface area contributed by atoms with Crippen molar-refractivity contribution in [3.63, 3.8) is 0 Å². The van der Waals surface area contributed by atoms with E-state index in [0.29, 0.717) is 43.0 Å². The second kappa shape index (κ2) is 13.1. The first kappa shape index (κ1) is 27.9. The topological polar surface area (TPSA) is 75.3 Å². The second-order valence-corrected chi connectivity index (χ2v) is 9.55. The zero-order valence-corrected chi connectivity index (χ0v) is 22.6. The zero-order valence-electron chi connectivity index (χ0n) is 20.3. The molecule has 0 saturated heterocycles. The van der Waals surface area contributed by atoms with E-state index in [1.807, 2.05) is 0 Å². The van der Waals surface area contributed by atoms with Crippen LogP contribution in [0.15, 0.2) is 109 Å². The van der Waals surface area contributed by atoms with Crippen LogP contribution in [-0.4, -0.2) is 17.6 Å². The predicted octanol–water partition coefficient (Wildman–Crippen LogP) is 7.95. The van der Waals surface area contributed by atoms with E-state index in [4.69, 9.17) is 34.8 Å². The molecule has 4 aromatic carbocycles. The lowest BCUT2D eigenvalue weighted by molar-refractivity contribution is -0.113. The Morgan fingerprint density at radius 2 is 1.36 bits per heavy atom. The number of carbonyl (C=O) groups excluding carboxylic acids is 3. The summed E-state index contributed by atoms with van der Waals surface area (Å²) in [6, 6.07) is 26.9. The maximum atomic E-state index is 13.2. The zero-order chi connectivity index (χ0) is 27.8. The van der Waals surface area contributed by atoms with Gasteiger partial charge in [0, 0.05) is 31.9 Å². The number of allylic oxidation sites excluding steroid dienone is 1. The minimum atomic E-state index is -0.560. The number of hydrogen-bond donors (Lipinski definition) is 2. The van der Waals surface area contributed by atoms with E-state index in [1.54, 1.807) is 103 Å². The Hall–Kier alpha value is -4.16. The number of carbonyl (C=O) groups is 3. The predicted molar refractivity (Wildman–Crippen MR) is 158 cm³/mol. The van der Waals surface area contributed by atoms with Crippen LogP contribution >= 0.6 is 34.8 Å². The molecule has 194 valence electrons.